The lowest BCUT2D eigenvalue weighted by molar-refractivity contribution is -0.131. The van der Waals surface area contributed by atoms with Gasteiger partial charge in [0.05, 0.1) is 5.76 Å². The van der Waals surface area contributed by atoms with Gasteiger partial charge < -0.3 is 10.2 Å². The van der Waals surface area contributed by atoms with Gasteiger partial charge in [0.2, 0.25) is 0 Å². The highest BCUT2D eigenvalue weighted by atomic mass is 16.4. The Kier molecular flexibility index (Phi) is 5.07. The second kappa shape index (κ2) is 5.80. The number of carbonyl (C=O) groups is 1. The molecule has 0 aromatic heterocycles. The first-order valence-electron chi connectivity index (χ1n) is 4.04. The Balaban J connectivity index is 4.01. The number of rotatable bonds is 6. The Bertz CT molecular complexity index is 298. The number of hydrogen-bond donors (Lipinski definition) is 2. The Morgan fingerprint density at radius 3 is 2.07 bits per heavy atom. The number of aliphatic hydroxyl groups excluding tert-OH is 1. The van der Waals surface area contributed by atoms with E-state index in [0.717, 1.165) is 11.6 Å². The van der Waals surface area contributed by atoms with E-state index < -0.39 is 5.97 Å². The molecule has 0 bridgehead atoms. The zero-order valence-corrected chi connectivity index (χ0v) is 7.99. The summed E-state index contributed by atoms with van der Waals surface area (Å²) in [6.45, 7) is 10.7. The summed E-state index contributed by atoms with van der Waals surface area (Å²) in [7, 11) is 0. The summed E-state index contributed by atoms with van der Waals surface area (Å²) in [6, 6.07) is 0. The van der Waals surface area contributed by atoms with Gasteiger partial charge in [0.1, 0.15) is 0 Å². The van der Waals surface area contributed by atoms with E-state index in [2.05, 4.69) is 19.7 Å². The Morgan fingerprint density at radius 1 is 1.07 bits per heavy atom. The zero-order valence-electron chi connectivity index (χ0n) is 7.99. The smallest absolute Gasteiger partial charge is 0.328 e. The number of aliphatic hydroxyl groups is 1. The summed E-state index contributed by atoms with van der Waals surface area (Å²) >= 11 is 0. The third kappa shape index (κ3) is 6.91. The molecule has 3 nitrogen and oxygen atoms in total. The van der Waals surface area contributed by atoms with Crippen LogP contribution in [0.2, 0.25) is 0 Å². The molecule has 0 amide bonds. The van der Waals surface area contributed by atoms with Crippen LogP contribution in [0.3, 0.4) is 0 Å². The molecular weight excluding hydrogens is 180 g/mol. The van der Waals surface area contributed by atoms with E-state index in [-0.39, 0.29) is 5.76 Å². The average Bonchev–Trinajstić information content (AvgIpc) is 1.98. The Morgan fingerprint density at radius 2 is 1.64 bits per heavy atom. The van der Waals surface area contributed by atoms with Gasteiger partial charge in [-0.1, -0.05) is 37.0 Å². The molecule has 0 heterocycles. The van der Waals surface area contributed by atoms with Gasteiger partial charge in [-0.3, -0.25) is 0 Å². The maximum absolute atomic E-state index is 10.2. The first-order chi connectivity index (χ1) is 6.41. The molecule has 0 unspecified atom stereocenters. The van der Waals surface area contributed by atoms with Gasteiger partial charge in [0, 0.05) is 12.5 Å². The highest BCUT2D eigenvalue weighted by Gasteiger charge is 1.98. The third-order valence-corrected chi connectivity index (χ3v) is 1.39. The van der Waals surface area contributed by atoms with Gasteiger partial charge >= 0.3 is 5.97 Å². The molecule has 0 saturated carbocycles. The molecule has 0 radical (unpaired) electrons. The van der Waals surface area contributed by atoms with Crippen LogP contribution in [0.5, 0.6) is 0 Å². The lowest BCUT2D eigenvalue weighted by atomic mass is 10.0. The standard InChI is InChI=1S/C11H14O3/c1-8(4-5-11(13)14)6-9(2)7-10(3)12/h4-5,12H,1-3,6-7H2,(H,13,14)/b5-4-. The van der Waals surface area contributed by atoms with Crippen LogP contribution in [0.1, 0.15) is 12.8 Å². The quantitative estimate of drug-likeness (QED) is 0.296. The van der Waals surface area contributed by atoms with Crippen LogP contribution in [0, 0.1) is 0 Å². The summed E-state index contributed by atoms with van der Waals surface area (Å²) in [6.07, 6.45) is 3.21. The molecule has 0 saturated heterocycles. The van der Waals surface area contributed by atoms with Crippen molar-refractivity contribution in [2.75, 3.05) is 0 Å². The number of aliphatic carboxylic acids is 1. The normalized spacial score (nSPS) is 10.0. The molecule has 0 aliphatic carbocycles. The van der Waals surface area contributed by atoms with Crippen LogP contribution >= 0.6 is 0 Å². The van der Waals surface area contributed by atoms with Crippen LogP contribution in [0.4, 0.5) is 0 Å². The first-order valence-corrected chi connectivity index (χ1v) is 4.04. The first kappa shape index (κ1) is 12.2. The fourth-order valence-electron chi connectivity index (χ4n) is 0.920. The minimum atomic E-state index is -1.01. The van der Waals surface area contributed by atoms with Crippen LogP contribution in [0.25, 0.3) is 0 Å². The lowest BCUT2D eigenvalue weighted by Gasteiger charge is -2.03. The fourth-order valence-corrected chi connectivity index (χ4v) is 0.920. The maximum Gasteiger partial charge on any atom is 0.328 e. The molecule has 0 atom stereocenters. The van der Waals surface area contributed by atoms with Crippen molar-refractivity contribution in [3.8, 4) is 0 Å². The number of carboxylic acids is 1. The molecular formula is C11H14O3. The van der Waals surface area contributed by atoms with Gasteiger partial charge in [-0.25, -0.2) is 4.79 Å². The van der Waals surface area contributed by atoms with Gasteiger partial charge in [-0.2, -0.15) is 0 Å². The molecule has 3 heteroatoms. The van der Waals surface area contributed by atoms with E-state index in [1.165, 1.54) is 6.08 Å². The average molecular weight is 194 g/mol. The number of allylic oxidation sites excluding steroid dienone is 3. The lowest BCUT2D eigenvalue weighted by Crippen LogP contribution is -1.89. The van der Waals surface area contributed by atoms with E-state index in [4.69, 9.17) is 10.2 Å². The largest absolute Gasteiger partial charge is 0.513 e. The van der Waals surface area contributed by atoms with Crippen molar-refractivity contribution < 1.29 is 15.0 Å². The van der Waals surface area contributed by atoms with Crippen molar-refractivity contribution in [3.63, 3.8) is 0 Å². The second-order valence-corrected chi connectivity index (χ2v) is 3.00. The minimum Gasteiger partial charge on any atom is -0.513 e. The summed E-state index contributed by atoms with van der Waals surface area (Å²) in [5.74, 6) is -0.964. The molecule has 0 aromatic rings. The topological polar surface area (TPSA) is 57.5 Å². The van der Waals surface area contributed by atoms with Gasteiger partial charge in [-0.15, -0.1) is 0 Å². The highest BCUT2D eigenvalue weighted by molar-refractivity contribution is 5.80. The summed E-state index contributed by atoms with van der Waals surface area (Å²) in [4.78, 5) is 10.2. The SMILES string of the molecule is C=C(O)CC(=C)CC(=C)/C=C\C(=O)O. The molecule has 0 fully saturated rings. The van der Waals surface area contributed by atoms with Crippen LogP contribution in [-0.2, 0) is 4.79 Å². The monoisotopic (exact) mass is 194 g/mol. The summed E-state index contributed by atoms with van der Waals surface area (Å²) in [5, 5.41) is 17.2. The maximum atomic E-state index is 10.2. The molecule has 2 N–H and O–H groups in total. The van der Waals surface area contributed by atoms with E-state index in [9.17, 15) is 4.79 Å². The molecule has 0 rings (SSSR count). The molecule has 14 heavy (non-hydrogen) atoms. The van der Waals surface area contributed by atoms with E-state index >= 15 is 0 Å². The molecule has 0 spiro atoms. The van der Waals surface area contributed by atoms with Crippen LogP contribution < -0.4 is 0 Å². The number of hydrogen-bond acceptors (Lipinski definition) is 2. The van der Waals surface area contributed by atoms with Gasteiger partial charge in [-0.05, 0) is 6.42 Å². The summed E-state index contributed by atoms with van der Waals surface area (Å²) < 4.78 is 0. The third-order valence-electron chi connectivity index (χ3n) is 1.39. The predicted molar refractivity (Wildman–Crippen MR) is 56.1 cm³/mol. The Hall–Kier alpha value is -1.77. The van der Waals surface area contributed by atoms with Gasteiger partial charge in [0.25, 0.3) is 0 Å². The van der Waals surface area contributed by atoms with Crippen molar-refractivity contribution in [2.24, 2.45) is 0 Å². The predicted octanol–water partition coefficient (Wildman–Crippen LogP) is 2.59. The van der Waals surface area contributed by atoms with Crippen molar-refractivity contribution in [2.45, 2.75) is 12.8 Å². The molecule has 0 aliphatic heterocycles. The minimum absolute atomic E-state index is 0.0463. The summed E-state index contributed by atoms with van der Waals surface area (Å²) in [5.41, 5.74) is 1.39. The molecule has 0 aromatic carbocycles. The van der Waals surface area contributed by atoms with Gasteiger partial charge in [0.15, 0.2) is 0 Å². The van der Waals surface area contributed by atoms with Crippen molar-refractivity contribution in [1.82, 2.24) is 0 Å². The zero-order chi connectivity index (χ0) is 11.1. The van der Waals surface area contributed by atoms with Crippen LogP contribution in [0.15, 0.2) is 48.8 Å². The number of carboxylic acid groups (broad SMARTS) is 1. The second-order valence-electron chi connectivity index (χ2n) is 3.00. The molecule has 76 valence electrons. The fraction of sp³-hybridized carbons (Fsp3) is 0.182. The van der Waals surface area contributed by atoms with E-state index in [1.54, 1.807) is 0 Å². The van der Waals surface area contributed by atoms with E-state index in [1.807, 2.05) is 0 Å². The molecule has 0 aliphatic rings. The van der Waals surface area contributed by atoms with Crippen molar-refractivity contribution in [1.29, 1.82) is 0 Å². The highest BCUT2D eigenvalue weighted by Crippen LogP contribution is 2.14. The van der Waals surface area contributed by atoms with E-state index in [0.29, 0.717) is 18.4 Å². The Labute approximate surface area is 83.4 Å². The van der Waals surface area contributed by atoms with Crippen LogP contribution in [-0.4, -0.2) is 16.2 Å². The van der Waals surface area contributed by atoms with Crippen molar-refractivity contribution in [3.05, 3.63) is 48.8 Å². The van der Waals surface area contributed by atoms with Crippen molar-refractivity contribution >= 4 is 5.97 Å².